The molecule has 0 bridgehead atoms. The van der Waals surface area contributed by atoms with Crippen molar-refractivity contribution in [2.24, 2.45) is 0 Å². The van der Waals surface area contributed by atoms with Crippen LogP contribution in [0.15, 0.2) is 18.2 Å². The Balaban J connectivity index is 0.000000583. The monoisotopic (exact) mass is 240 g/mol. The Bertz CT molecular complexity index is 310. The van der Waals surface area contributed by atoms with E-state index >= 15 is 0 Å². The molecule has 1 rings (SSSR count). The maximum Gasteiger partial charge on any atom is 0.417 e. The van der Waals surface area contributed by atoms with E-state index in [1.165, 1.54) is 12.1 Å². The number of halogens is 4. The van der Waals surface area contributed by atoms with Gasteiger partial charge in [0, 0.05) is 14.2 Å². The summed E-state index contributed by atoms with van der Waals surface area (Å²) in [5, 5.41) is -0.256. The fourth-order valence-corrected chi connectivity index (χ4v) is 1.08. The van der Waals surface area contributed by atoms with E-state index in [0.29, 0.717) is 5.56 Å². The molecule has 0 atom stereocenters. The summed E-state index contributed by atoms with van der Waals surface area (Å²) in [5.74, 6) is 0. The smallest absolute Gasteiger partial charge is 0.388 e. The number of hydrogen-bond acceptors (Lipinski definition) is 1. The molecule has 0 aromatic heterocycles. The Hall–Kier alpha value is -0.740. The number of methoxy groups -OCH3 is 1. The summed E-state index contributed by atoms with van der Waals surface area (Å²) < 4.78 is 40.7. The van der Waals surface area contributed by atoms with E-state index in [2.05, 4.69) is 4.74 Å². The SMILES string of the molecule is COC.Cc1ccc(Cl)c(C(F)(F)F)c1. The summed E-state index contributed by atoms with van der Waals surface area (Å²) in [7, 11) is 3.25. The molecule has 1 aromatic carbocycles. The topological polar surface area (TPSA) is 9.23 Å². The zero-order chi connectivity index (χ0) is 12.1. The molecular formula is C10H12ClF3O. The largest absolute Gasteiger partial charge is 0.417 e. The van der Waals surface area contributed by atoms with Crippen molar-refractivity contribution in [3.8, 4) is 0 Å². The summed E-state index contributed by atoms with van der Waals surface area (Å²) in [6.45, 7) is 1.59. The van der Waals surface area contributed by atoms with Crippen molar-refractivity contribution in [2.75, 3.05) is 14.2 Å². The van der Waals surface area contributed by atoms with Gasteiger partial charge in [-0.1, -0.05) is 23.2 Å². The van der Waals surface area contributed by atoms with Crippen molar-refractivity contribution in [2.45, 2.75) is 13.1 Å². The van der Waals surface area contributed by atoms with Crippen molar-refractivity contribution in [1.29, 1.82) is 0 Å². The molecule has 86 valence electrons. The first-order valence-corrected chi connectivity index (χ1v) is 4.44. The lowest BCUT2D eigenvalue weighted by Gasteiger charge is -2.08. The van der Waals surface area contributed by atoms with Gasteiger partial charge in [0.25, 0.3) is 0 Å². The van der Waals surface area contributed by atoms with Crippen molar-refractivity contribution in [3.05, 3.63) is 34.3 Å². The van der Waals surface area contributed by atoms with Crippen LogP contribution >= 0.6 is 11.6 Å². The molecule has 15 heavy (non-hydrogen) atoms. The van der Waals surface area contributed by atoms with E-state index in [1.807, 2.05) is 0 Å². The van der Waals surface area contributed by atoms with Gasteiger partial charge in [0.1, 0.15) is 0 Å². The number of ether oxygens (including phenoxy) is 1. The van der Waals surface area contributed by atoms with Crippen LogP contribution in [-0.4, -0.2) is 14.2 Å². The second kappa shape index (κ2) is 5.98. The highest BCUT2D eigenvalue weighted by Gasteiger charge is 2.32. The lowest BCUT2D eigenvalue weighted by molar-refractivity contribution is -0.137. The zero-order valence-corrected chi connectivity index (χ0v) is 9.41. The van der Waals surface area contributed by atoms with E-state index in [-0.39, 0.29) is 5.02 Å². The molecule has 0 saturated heterocycles. The second-order valence-corrected chi connectivity index (χ2v) is 3.30. The maximum absolute atomic E-state index is 12.1. The van der Waals surface area contributed by atoms with Crippen molar-refractivity contribution in [1.82, 2.24) is 0 Å². The minimum atomic E-state index is -4.36. The fourth-order valence-electron chi connectivity index (χ4n) is 0.856. The fraction of sp³-hybridized carbons (Fsp3) is 0.400. The van der Waals surface area contributed by atoms with Gasteiger partial charge < -0.3 is 4.74 Å². The van der Waals surface area contributed by atoms with Gasteiger partial charge in [0.05, 0.1) is 10.6 Å². The van der Waals surface area contributed by atoms with E-state index in [1.54, 1.807) is 21.1 Å². The van der Waals surface area contributed by atoms with E-state index in [4.69, 9.17) is 11.6 Å². The Morgan fingerprint density at radius 3 is 2.00 bits per heavy atom. The minimum Gasteiger partial charge on any atom is -0.388 e. The molecule has 0 fully saturated rings. The molecule has 0 N–H and O–H groups in total. The second-order valence-electron chi connectivity index (χ2n) is 2.89. The third-order valence-corrected chi connectivity index (χ3v) is 1.76. The van der Waals surface area contributed by atoms with Crippen molar-refractivity contribution in [3.63, 3.8) is 0 Å². The number of benzene rings is 1. The first-order chi connectivity index (χ1) is 6.82. The van der Waals surface area contributed by atoms with E-state index < -0.39 is 11.7 Å². The predicted octanol–water partition coefficient (Wildman–Crippen LogP) is 3.93. The summed E-state index contributed by atoms with van der Waals surface area (Å²) >= 11 is 5.36. The van der Waals surface area contributed by atoms with Gasteiger partial charge in [-0.3, -0.25) is 0 Å². The number of alkyl halides is 3. The molecule has 5 heteroatoms. The molecule has 0 aliphatic rings. The van der Waals surface area contributed by atoms with Gasteiger partial charge in [-0.25, -0.2) is 0 Å². The molecule has 1 aromatic rings. The quantitative estimate of drug-likeness (QED) is 0.668. The molecular weight excluding hydrogens is 229 g/mol. The van der Waals surface area contributed by atoms with Gasteiger partial charge in [0.15, 0.2) is 0 Å². The van der Waals surface area contributed by atoms with Crippen LogP contribution < -0.4 is 0 Å². The van der Waals surface area contributed by atoms with Crippen molar-refractivity contribution >= 4 is 11.6 Å². The van der Waals surface area contributed by atoms with E-state index in [0.717, 1.165) is 6.07 Å². The van der Waals surface area contributed by atoms with Gasteiger partial charge in [-0.2, -0.15) is 13.2 Å². The molecule has 0 amide bonds. The summed E-state index contributed by atoms with van der Waals surface area (Å²) in [4.78, 5) is 0. The standard InChI is InChI=1S/C8H6ClF3.C2H6O/c1-5-2-3-7(9)6(4-5)8(10,11)12;1-3-2/h2-4H,1H3;1-2H3. The summed E-state index contributed by atoms with van der Waals surface area (Å²) in [6, 6.07) is 3.82. The molecule has 1 nitrogen and oxygen atoms in total. The lowest BCUT2D eigenvalue weighted by atomic mass is 10.1. The van der Waals surface area contributed by atoms with Crippen LogP contribution in [0.4, 0.5) is 13.2 Å². The predicted molar refractivity (Wildman–Crippen MR) is 54.1 cm³/mol. The molecule has 0 saturated carbocycles. The minimum absolute atomic E-state index is 0.256. The van der Waals surface area contributed by atoms with Gasteiger partial charge >= 0.3 is 6.18 Å². The maximum atomic E-state index is 12.1. The molecule has 0 heterocycles. The molecule has 0 spiro atoms. The van der Waals surface area contributed by atoms with Crippen molar-refractivity contribution < 1.29 is 17.9 Å². The van der Waals surface area contributed by atoms with Gasteiger partial charge in [0.2, 0.25) is 0 Å². The highest BCUT2D eigenvalue weighted by atomic mass is 35.5. The average molecular weight is 241 g/mol. The average Bonchev–Trinajstić information content (AvgIpc) is 2.09. The number of rotatable bonds is 0. The zero-order valence-electron chi connectivity index (χ0n) is 8.65. The Morgan fingerprint density at radius 2 is 1.67 bits per heavy atom. The highest BCUT2D eigenvalue weighted by Crippen LogP contribution is 2.34. The van der Waals surface area contributed by atoms with Crippen LogP contribution in [0.2, 0.25) is 5.02 Å². The van der Waals surface area contributed by atoms with Crippen LogP contribution in [0.5, 0.6) is 0 Å². The normalized spacial score (nSPS) is 10.6. The third-order valence-electron chi connectivity index (χ3n) is 1.43. The number of aryl methyl sites for hydroxylation is 1. The first-order valence-electron chi connectivity index (χ1n) is 4.06. The first kappa shape index (κ1) is 14.3. The lowest BCUT2D eigenvalue weighted by Crippen LogP contribution is -2.05. The molecule has 0 aliphatic carbocycles. The van der Waals surface area contributed by atoms with Crippen LogP contribution in [0.1, 0.15) is 11.1 Å². The van der Waals surface area contributed by atoms with Crippen LogP contribution in [0, 0.1) is 6.92 Å². The Morgan fingerprint density at radius 1 is 1.20 bits per heavy atom. The van der Waals surface area contributed by atoms with Crippen LogP contribution in [0.25, 0.3) is 0 Å². The number of hydrogen-bond donors (Lipinski definition) is 0. The van der Waals surface area contributed by atoms with Crippen LogP contribution in [-0.2, 0) is 10.9 Å². The van der Waals surface area contributed by atoms with Gasteiger partial charge in [-0.15, -0.1) is 0 Å². The third kappa shape index (κ3) is 5.04. The van der Waals surface area contributed by atoms with E-state index in [9.17, 15) is 13.2 Å². The Labute approximate surface area is 91.8 Å². The Kier molecular flexibility index (Phi) is 5.68. The highest BCUT2D eigenvalue weighted by molar-refractivity contribution is 6.31. The van der Waals surface area contributed by atoms with Crippen LogP contribution in [0.3, 0.4) is 0 Å². The summed E-state index contributed by atoms with van der Waals surface area (Å²) in [5.41, 5.74) is -0.226. The molecule has 0 aliphatic heterocycles. The molecule has 0 unspecified atom stereocenters. The molecule has 0 radical (unpaired) electrons. The summed E-state index contributed by atoms with van der Waals surface area (Å²) in [6.07, 6.45) is -4.36. The van der Waals surface area contributed by atoms with Gasteiger partial charge in [-0.05, 0) is 19.1 Å².